The van der Waals surface area contributed by atoms with Crippen LogP contribution < -0.4 is 5.32 Å². The van der Waals surface area contributed by atoms with Gasteiger partial charge in [-0.1, -0.05) is 0 Å². The average Bonchev–Trinajstić information content (AvgIpc) is 3.03. The monoisotopic (exact) mass is 317 g/mol. The third-order valence-electron chi connectivity index (χ3n) is 5.07. The Hall–Kier alpha value is -1.69. The number of hydrogen-bond donors (Lipinski definition) is 1. The Bertz CT molecular complexity index is 584. The number of carbonyl (C=O) groups is 1. The van der Waals surface area contributed by atoms with Gasteiger partial charge in [0, 0.05) is 64.1 Å². The van der Waals surface area contributed by atoms with Crippen LogP contribution in [0.25, 0.3) is 0 Å². The van der Waals surface area contributed by atoms with Crippen molar-refractivity contribution in [3.63, 3.8) is 0 Å². The summed E-state index contributed by atoms with van der Waals surface area (Å²) >= 11 is 0. The summed E-state index contributed by atoms with van der Waals surface area (Å²) in [5.41, 5.74) is 2.41. The maximum absolute atomic E-state index is 11.5. The van der Waals surface area contributed by atoms with Crippen LogP contribution in [0.5, 0.6) is 0 Å². The normalized spacial score (nSPS) is 21.6. The van der Waals surface area contributed by atoms with Gasteiger partial charge in [-0.3, -0.25) is 9.69 Å². The molecule has 6 heteroatoms. The second-order valence-corrected chi connectivity index (χ2v) is 6.87. The summed E-state index contributed by atoms with van der Waals surface area (Å²) in [4.78, 5) is 25.6. The molecular formula is C17H27N5O. The third kappa shape index (κ3) is 3.17. The van der Waals surface area contributed by atoms with Gasteiger partial charge in [-0.2, -0.15) is 0 Å². The van der Waals surface area contributed by atoms with E-state index in [2.05, 4.69) is 24.1 Å². The maximum Gasteiger partial charge on any atom is 0.219 e. The smallest absolute Gasteiger partial charge is 0.219 e. The fourth-order valence-corrected chi connectivity index (χ4v) is 3.54. The van der Waals surface area contributed by atoms with E-state index in [-0.39, 0.29) is 11.8 Å². The van der Waals surface area contributed by atoms with Crippen molar-refractivity contribution < 1.29 is 4.79 Å². The summed E-state index contributed by atoms with van der Waals surface area (Å²) < 4.78 is 0. The largest absolute Gasteiger partial charge is 0.373 e. The summed E-state index contributed by atoms with van der Waals surface area (Å²) in [7, 11) is 1.93. The predicted octanol–water partition coefficient (Wildman–Crippen LogP) is 1.62. The van der Waals surface area contributed by atoms with E-state index in [0.29, 0.717) is 6.04 Å². The quantitative estimate of drug-likeness (QED) is 0.918. The lowest BCUT2D eigenvalue weighted by Crippen LogP contribution is -2.37. The van der Waals surface area contributed by atoms with Crippen molar-refractivity contribution in [1.82, 2.24) is 19.8 Å². The molecule has 0 aliphatic carbocycles. The lowest BCUT2D eigenvalue weighted by Gasteiger charge is -2.32. The first kappa shape index (κ1) is 16.2. The fraction of sp³-hybridized carbons (Fsp3) is 0.706. The highest BCUT2D eigenvalue weighted by molar-refractivity contribution is 5.73. The third-order valence-corrected chi connectivity index (χ3v) is 5.07. The molecule has 1 N–H and O–H groups in total. The average molecular weight is 317 g/mol. The van der Waals surface area contributed by atoms with Gasteiger partial charge in [-0.25, -0.2) is 9.97 Å². The first-order valence-corrected chi connectivity index (χ1v) is 8.56. The topological polar surface area (TPSA) is 61.4 Å². The van der Waals surface area contributed by atoms with Crippen LogP contribution in [0, 0.1) is 0 Å². The molecule has 1 atom stereocenters. The van der Waals surface area contributed by atoms with Crippen LogP contribution >= 0.6 is 0 Å². The van der Waals surface area contributed by atoms with E-state index in [4.69, 9.17) is 9.97 Å². The van der Waals surface area contributed by atoms with Gasteiger partial charge < -0.3 is 10.2 Å². The Morgan fingerprint density at radius 3 is 2.70 bits per heavy atom. The summed E-state index contributed by atoms with van der Waals surface area (Å²) in [6, 6.07) is 0.534. The molecule has 2 aliphatic heterocycles. The molecule has 3 rings (SSSR count). The van der Waals surface area contributed by atoms with Crippen LogP contribution in [-0.2, 0) is 17.8 Å². The van der Waals surface area contributed by atoms with Crippen molar-refractivity contribution in [2.24, 2.45) is 0 Å². The number of fused-ring (bicyclic) bond motifs is 1. The minimum Gasteiger partial charge on any atom is -0.373 e. The molecule has 1 unspecified atom stereocenters. The van der Waals surface area contributed by atoms with Crippen molar-refractivity contribution in [3.8, 4) is 0 Å². The number of amides is 1. The van der Waals surface area contributed by atoms with Gasteiger partial charge in [0.15, 0.2) is 0 Å². The minimum absolute atomic E-state index is 0.145. The first-order chi connectivity index (χ1) is 11.0. The molecule has 0 aromatic carbocycles. The molecule has 23 heavy (non-hydrogen) atoms. The Morgan fingerprint density at radius 2 is 2.09 bits per heavy atom. The molecule has 2 aliphatic rings. The molecule has 1 fully saturated rings. The zero-order valence-electron chi connectivity index (χ0n) is 14.6. The van der Waals surface area contributed by atoms with Gasteiger partial charge in [0.05, 0.1) is 5.69 Å². The molecule has 6 nitrogen and oxygen atoms in total. The number of rotatable bonds is 3. The number of aromatic nitrogens is 2. The molecule has 1 aromatic rings. The zero-order valence-corrected chi connectivity index (χ0v) is 14.6. The zero-order chi connectivity index (χ0) is 16.6. The van der Waals surface area contributed by atoms with Crippen molar-refractivity contribution in [2.75, 3.05) is 32.0 Å². The molecular weight excluding hydrogens is 290 g/mol. The van der Waals surface area contributed by atoms with Crippen molar-refractivity contribution in [3.05, 3.63) is 17.1 Å². The molecule has 0 spiro atoms. The standard InChI is InChI=1S/C17H27N5O/c1-11(2)21-8-6-15-14(10-21)17(18-4)20-16(19-15)13-5-7-22(9-13)12(3)23/h11,13H,5-10H2,1-4H3,(H,18,19,20). The number of anilines is 1. The highest BCUT2D eigenvalue weighted by atomic mass is 16.2. The van der Waals surface area contributed by atoms with Gasteiger partial charge in [0.2, 0.25) is 5.91 Å². The number of nitrogens with one attached hydrogen (secondary N) is 1. The number of nitrogens with zero attached hydrogens (tertiary/aromatic N) is 4. The molecule has 1 saturated heterocycles. The lowest BCUT2D eigenvalue weighted by molar-refractivity contribution is -0.127. The van der Waals surface area contributed by atoms with Crippen LogP contribution in [0.15, 0.2) is 0 Å². The van der Waals surface area contributed by atoms with Crippen LogP contribution in [0.3, 0.4) is 0 Å². The van der Waals surface area contributed by atoms with Gasteiger partial charge in [-0.15, -0.1) is 0 Å². The second kappa shape index (κ2) is 6.43. The molecule has 0 bridgehead atoms. The van der Waals surface area contributed by atoms with Gasteiger partial charge >= 0.3 is 0 Å². The first-order valence-electron chi connectivity index (χ1n) is 8.56. The Labute approximate surface area is 138 Å². The van der Waals surface area contributed by atoms with E-state index in [1.165, 1.54) is 11.3 Å². The van der Waals surface area contributed by atoms with E-state index < -0.39 is 0 Å². The van der Waals surface area contributed by atoms with Gasteiger partial charge in [-0.05, 0) is 20.3 Å². The molecule has 3 heterocycles. The number of hydrogen-bond acceptors (Lipinski definition) is 5. The molecule has 126 valence electrons. The highest BCUT2D eigenvalue weighted by Crippen LogP contribution is 2.30. The van der Waals surface area contributed by atoms with E-state index in [0.717, 1.165) is 50.7 Å². The lowest BCUT2D eigenvalue weighted by atomic mass is 10.0. The Morgan fingerprint density at radius 1 is 1.30 bits per heavy atom. The summed E-state index contributed by atoms with van der Waals surface area (Å²) in [5.74, 6) is 2.26. The highest BCUT2D eigenvalue weighted by Gasteiger charge is 2.30. The molecule has 1 aromatic heterocycles. The summed E-state index contributed by atoms with van der Waals surface area (Å²) in [6.07, 6.45) is 1.93. The Balaban J connectivity index is 1.86. The summed E-state index contributed by atoms with van der Waals surface area (Å²) in [5, 5.41) is 3.25. The molecule has 0 radical (unpaired) electrons. The van der Waals surface area contributed by atoms with Crippen molar-refractivity contribution >= 4 is 11.7 Å². The number of likely N-dealkylation sites (tertiary alicyclic amines) is 1. The van der Waals surface area contributed by atoms with Crippen LogP contribution in [-0.4, -0.2) is 58.4 Å². The molecule has 0 saturated carbocycles. The maximum atomic E-state index is 11.5. The number of carbonyl (C=O) groups excluding carboxylic acids is 1. The van der Waals surface area contributed by atoms with Crippen LogP contribution in [0.4, 0.5) is 5.82 Å². The summed E-state index contributed by atoms with van der Waals surface area (Å²) in [6.45, 7) is 9.62. The molecule has 1 amide bonds. The van der Waals surface area contributed by atoms with E-state index in [1.54, 1.807) is 6.92 Å². The van der Waals surface area contributed by atoms with E-state index in [9.17, 15) is 4.79 Å². The van der Waals surface area contributed by atoms with Crippen LogP contribution in [0.1, 0.15) is 50.2 Å². The van der Waals surface area contributed by atoms with E-state index in [1.807, 2.05) is 11.9 Å². The predicted molar refractivity (Wildman–Crippen MR) is 90.4 cm³/mol. The fourth-order valence-electron chi connectivity index (χ4n) is 3.54. The van der Waals surface area contributed by atoms with E-state index >= 15 is 0 Å². The minimum atomic E-state index is 0.145. The second-order valence-electron chi connectivity index (χ2n) is 6.87. The van der Waals surface area contributed by atoms with Crippen molar-refractivity contribution in [2.45, 2.75) is 52.1 Å². The van der Waals surface area contributed by atoms with Crippen molar-refractivity contribution in [1.29, 1.82) is 0 Å². The van der Waals surface area contributed by atoms with Gasteiger partial charge in [0.25, 0.3) is 0 Å². The SMILES string of the molecule is CNc1nc(C2CCN(C(C)=O)C2)nc2c1CN(C(C)C)CC2. The Kier molecular flexibility index (Phi) is 4.53. The van der Waals surface area contributed by atoms with Gasteiger partial charge in [0.1, 0.15) is 11.6 Å². The van der Waals surface area contributed by atoms with Crippen LogP contribution in [0.2, 0.25) is 0 Å².